The molecule has 2 saturated heterocycles. The fourth-order valence-electron chi connectivity index (χ4n) is 5.23. The summed E-state index contributed by atoms with van der Waals surface area (Å²) in [6, 6.07) is 17.0. The van der Waals surface area contributed by atoms with Crippen molar-refractivity contribution in [1.82, 2.24) is 24.5 Å². The van der Waals surface area contributed by atoms with Crippen LogP contribution in [0.25, 0.3) is 17.0 Å². The van der Waals surface area contributed by atoms with Crippen LogP contribution in [0.5, 0.6) is 0 Å². The number of aliphatic hydroxyl groups is 1. The first-order chi connectivity index (χ1) is 17.7. The van der Waals surface area contributed by atoms with E-state index >= 15 is 0 Å². The van der Waals surface area contributed by atoms with Crippen LogP contribution >= 0.6 is 0 Å². The SMILES string of the molecule is O/C=C/N1CCN(c2cccc(-c3cnc4ccc(N5CCC[C@@H]5c5cccc(F)c5)nn34)n2)CC1. The number of rotatable bonds is 5. The Morgan fingerprint density at radius 1 is 0.944 bits per heavy atom. The van der Waals surface area contributed by atoms with Crippen LogP contribution in [-0.2, 0) is 0 Å². The highest BCUT2D eigenvalue weighted by atomic mass is 19.1. The lowest BCUT2D eigenvalue weighted by Crippen LogP contribution is -2.44. The second kappa shape index (κ2) is 9.49. The molecule has 2 aliphatic rings. The minimum Gasteiger partial charge on any atom is -0.514 e. The number of anilines is 2. The first kappa shape index (κ1) is 22.3. The van der Waals surface area contributed by atoms with Gasteiger partial charge in [-0.15, -0.1) is 5.10 Å². The van der Waals surface area contributed by atoms with Gasteiger partial charge >= 0.3 is 0 Å². The van der Waals surface area contributed by atoms with Gasteiger partial charge < -0.3 is 19.8 Å². The molecule has 1 atom stereocenters. The molecule has 36 heavy (non-hydrogen) atoms. The number of benzene rings is 1. The summed E-state index contributed by atoms with van der Waals surface area (Å²) in [5.41, 5.74) is 3.37. The summed E-state index contributed by atoms with van der Waals surface area (Å²) in [6.45, 7) is 4.17. The van der Waals surface area contributed by atoms with Crippen LogP contribution < -0.4 is 9.80 Å². The van der Waals surface area contributed by atoms with Crippen molar-refractivity contribution in [2.45, 2.75) is 18.9 Å². The average molecular weight is 486 g/mol. The molecule has 6 rings (SSSR count). The molecule has 0 radical (unpaired) electrons. The van der Waals surface area contributed by atoms with Gasteiger partial charge in [-0.05, 0) is 54.8 Å². The maximum Gasteiger partial charge on any atom is 0.154 e. The Kier molecular flexibility index (Phi) is 5.88. The fourth-order valence-corrected chi connectivity index (χ4v) is 5.23. The first-order valence-electron chi connectivity index (χ1n) is 12.3. The van der Waals surface area contributed by atoms with E-state index in [1.165, 1.54) is 6.07 Å². The van der Waals surface area contributed by atoms with Gasteiger partial charge in [0.05, 0.1) is 24.2 Å². The van der Waals surface area contributed by atoms with Crippen LogP contribution in [0.3, 0.4) is 0 Å². The highest BCUT2D eigenvalue weighted by Crippen LogP contribution is 2.35. The van der Waals surface area contributed by atoms with Gasteiger partial charge in [-0.2, -0.15) is 0 Å². The number of hydrogen-bond donors (Lipinski definition) is 1. The van der Waals surface area contributed by atoms with Crippen molar-refractivity contribution in [2.75, 3.05) is 42.5 Å². The van der Waals surface area contributed by atoms with Gasteiger partial charge in [0, 0.05) is 38.9 Å². The molecule has 9 heteroatoms. The summed E-state index contributed by atoms with van der Waals surface area (Å²) in [5.74, 6) is 1.55. The molecule has 0 amide bonds. The second-order valence-electron chi connectivity index (χ2n) is 9.21. The third-order valence-electron chi connectivity index (χ3n) is 7.04. The predicted molar refractivity (Wildman–Crippen MR) is 137 cm³/mol. The molecular weight excluding hydrogens is 457 g/mol. The number of aliphatic hydroxyl groups excluding tert-OH is 1. The van der Waals surface area contributed by atoms with E-state index in [-0.39, 0.29) is 11.9 Å². The van der Waals surface area contributed by atoms with Crippen molar-refractivity contribution >= 4 is 17.3 Å². The molecule has 1 aromatic carbocycles. The number of halogens is 1. The van der Waals surface area contributed by atoms with Crippen LogP contribution in [0.4, 0.5) is 16.0 Å². The number of pyridine rings is 1. The minimum atomic E-state index is -0.211. The van der Waals surface area contributed by atoms with Gasteiger partial charge in [0.15, 0.2) is 5.65 Å². The van der Waals surface area contributed by atoms with E-state index in [0.717, 1.165) is 86.1 Å². The molecule has 0 saturated carbocycles. The Hall–Kier alpha value is -4.14. The zero-order valence-corrected chi connectivity index (χ0v) is 19.9. The normalized spacial score (nSPS) is 18.6. The number of piperazine rings is 1. The van der Waals surface area contributed by atoms with Gasteiger partial charge in [-0.3, -0.25) is 0 Å². The minimum absolute atomic E-state index is 0.0958. The molecule has 2 fully saturated rings. The van der Waals surface area contributed by atoms with E-state index < -0.39 is 0 Å². The molecule has 4 aromatic rings. The molecule has 0 bridgehead atoms. The molecule has 8 nitrogen and oxygen atoms in total. The van der Waals surface area contributed by atoms with Gasteiger partial charge in [-0.1, -0.05) is 18.2 Å². The van der Waals surface area contributed by atoms with E-state index in [2.05, 4.69) is 19.7 Å². The summed E-state index contributed by atoms with van der Waals surface area (Å²) < 4.78 is 15.8. The summed E-state index contributed by atoms with van der Waals surface area (Å²) in [5, 5.41) is 14.0. The number of nitrogens with zero attached hydrogens (tertiary/aromatic N) is 7. The van der Waals surface area contributed by atoms with Crippen LogP contribution in [0, 0.1) is 5.82 Å². The second-order valence-corrected chi connectivity index (χ2v) is 9.21. The van der Waals surface area contributed by atoms with E-state index in [4.69, 9.17) is 15.2 Å². The molecule has 2 aliphatic heterocycles. The Labute approximate surface area is 208 Å². The maximum absolute atomic E-state index is 13.9. The van der Waals surface area contributed by atoms with Gasteiger partial charge in [0.2, 0.25) is 0 Å². The molecule has 5 heterocycles. The number of aromatic nitrogens is 4. The van der Waals surface area contributed by atoms with Crippen LogP contribution in [0.2, 0.25) is 0 Å². The Balaban J connectivity index is 1.29. The summed E-state index contributed by atoms with van der Waals surface area (Å²) in [6.07, 6.45) is 6.61. The highest BCUT2D eigenvalue weighted by Gasteiger charge is 2.28. The van der Waals surface area contributed by atoms with Gasteiger partial charge in [0.1, 0.15) is 23.1 Å². The van der Waals surface area contributed by atoms with Crippen molar-refractivity contribution in [3.8, 4) is 11.4 Å². The van der Waals surface area contributed by atoms with Gasteiger partial charge in [0.25, 0.3) is 0 Å². The maximum atomic E-state index is 13.9. The lowest BCUT2D eigenvalue weighted by atomic mass is 10.0. The van der Waals surface area contributed by atoms with E-state index in [9.17, 15) is 4.39 Å². The van der Waals surface area contributed by atoms with Crippen LogP contribution in [0.1, 0.15) is 24.4 Å². The Bertz CT molecular complexity index is 1400. The molecule has 0 unspecified atom stereocenters. The third kappa shape index (κ3) is 4.21. The van der Waals surface area contributed by atoms with Crippen LogP contribution in [0.15, 0.2) is 73.3 Å². The Morgan fingerprint density at radius 2 is 1.81 bits per heavy atom. The van der Waals surface area contributed by atoms with E-state index in [0.29, 0.717) is 0 Å². The molecule has 0 aliphatic carbocycles. The summed E-state index contributed by atoms with van der Waals surface area (Å²) in [7, 11) is 0. The monoisotopic (exact) mass is 485 g/mol. The molecular formula is C27H28FN7O. The lowest BCUT2D eigenvalue weighted by Gasteiger charge is -2.34. The van der Waals surface area contributed by atoms with Gasteiger partial charge in [-0.25, -0.2) is 18.9 Å². The molecule has 0 spiro atoms. The first-order valence-corrected chi connectivity index (χ1v) is 12.3. The zero-order chi connectivity index (χ0) is 24.5. The van der Waals surface area contributed by atoms with Crippen LogP contribution in [-0.4, -0.2) is 62.3 Å². The summed E-state index contributed by atoms with van der Waals surface area (Å²) in [4.78, 5) is 16.1. The lowest BCUT2D eigenvalue weighted by molar-refractivity contribution is 0.334. The molecule has 3 aromatic heterocycles. The smallest absolute Gasteiger partial charge is 0.154 e. The number of imidazole rings is 1. The average Bonchev–Trinajstić information content (AvgIpc) is 3.57. The highest BCUT2D eigenvalue weighted by molar-refractivity contribution is 5.62. The van der Waals surface area contributed by atoms with Crippen molar-refractivity contribution in [2.24, 2.45) is 0 Å². The van der Waals surface area contributed by atoms with Crippen molar-refractivity contribution in [3.05, 3.63) is 84.6 Å². The van der Waals surface area contributed by atoms with E-state index in [1.54, 1.807) is 18.3 Å². The zero-order valence-electron chi connectivity index (χ0n) is 19.9. The number of fused-ring (bicyclic) bond motifs is 1. The van der Waals surface area contributed by atoms with E-state index in [1.807, 2.05) is 47.1 Å². The Morgan fingerprint density at radius 3 is 2.64 bits per heavy atom. The fraction of sp³-hybridized carbons (Fsp3) is 0.296. The number of hydrogen-bond acceptors (Lipinski definition) is 7. The van der Waals surface area contributed by atoms with Crippen molar-refractivity contribution in [3.63, 3.8) is 0 Å². The topological polar surface area (TPSA) is 73.0 Å². The van der Waals surface area contributed by atoms with Crippen molar-refractivity contribution in [1.29, 1.82) is 0 Å². The standard InChI is InChI=1S/C27H28FN7O/c28-21-5-1-4-20(18-21)23-7-3-11-34(23)27-10-9-25-29-19-24(35(25)31-27)22-6-2-8-26(30-22)33-14-12-32(13-15-33)16-17-36/h1-2,4-6,8-10,16-19,23,36H,3,7,11-15H2/b17-16+/t23-/m1/s1. The molecule has 1 N–H and O–H groups in total. The quantitative estimate of drug-likeness (QED) is 0.420. The van der Waals surface area contributed by atoms with Crippen molar-refractivity contribution < 1.29 is 9.50 Å². The predicted octanol–water partition coefficient (Wildman–Crippen LogP) is 4.42. The largest absolute Gasteiger partial charge is 0.514 e. The summed E-state index contributed by atoms with van der Waals surface area (Å²) >= 11 is 0. The molecule has 184 valence electrons. The third-order valence-corrected chi connectivity index (χ3v) is 7.04.